The van der Waals surface area contributed by atoms with Gasteiger partial charge in [-0.2, -0.15) is 0 Å². The Labute approximate surface area is 102 Å². The summed E-state index contributed by atoms with van der Waals surface area (Å²) in [6.07, 6.45) is 9.20. The molecule has 1 aromatic heterocycles. The van der Waals surface area contributed by atoms with Crippen LogP contribution in [-0.2, 0) is 12.8 Å². The normalized spacial score (nSPS) is 15.6. The number of unbranched alkanes of at least 4 members (excludes halogenated alkanes) is 1. The summed E-state index contributed by atoms with van der Waals surface area (Å²) in [6, 6.07) is 2.17. The van der Waals surface area contributed by atoms with E-state index in [2.05, 4.69) is 13.0 Å². The third kappa shape index (κ3) is 2.73. The first kappa shape index (κ1) is 11.8. The molecule has 0 bridgehead atoms. The first-order valence-corrected chi connectivity index (χ1v) is 7.27. The van der Waals surface area contributed by atoms with Gasteiger partial charge in [-0.25, -0.2) is 0 Å². The predicted octanol–water partition coefficient (Wildman–Crippen LogP) is 4.39. The zero-order valence-corrected chi connectivity index (χ0v) is 10.9. The van der Waals surface area contributed by atoms with E-state index in [9.17, 15) is 4.79 Å². The first-order chi connectivity index (χ1) is 7.81. The number of hydrogen-bond donors (Lipinski definition) is 0. The molecule has 88 valence electrons. The lowest BCUT2D eigenvalue weighted by molar-refractivity contribution is 0.0983. The van der Waals surface area contributed by atoms with E-state index in [-0.39, 0.29) is 0 Å². The number of hydrogen-bond acceptors (Lipinski definition) is 2. The van der Waals surface area contributed by atoms with Crippen LogP contribution in [0, 0.1) is 0 Å². The van der Waals surface area contributed by atoms with Gasteiger partial charge in [0.2, 0.25) is 0 Å². The van der Waals surface area contributed by atoms with Gasteiger partial charge in [0.05, 0.1) is 4.88 Å². The van der Waals surface area contributed by atoms with Crippen molar-refractivity contribution in [1.82, 2.24) is 0 Å². The van der Waals surface area contributed by atoms with E-state index in [1.54, 1.807) is 11.3 Å². The molecule has 1 nitrogen and oxygen atoms in total. The molecule has 1 aliphatic carbocycles. The minimum Gasteiger partial charge on any atom is -0.293 e. The lowest BCUT2D eigenvalue weighted by atomic mass is 10.1. The average Bonchev–Trinajstić information content (AvgIpc) is 2.58. The summed E-state index contributed by atoms with van der Waals surface area (Å²) in [5, 5.41) is 0. The van der Waals surface area contributed by atoms with Crippen LogP contribution in [0.5, 0.6) is 0 Å². The molecule has 1 aromatic rings. The Morgan fingerprint density at radius 3 is 2.94 bits per heavy atom. The van der Waals surface area contributed by atoms with Crippen molar-refractivity contribution in [2.24, 2.45) is 0 Å². The zero-order chi connectivity index (χ0) is 11.4. The van der Waals surface area contributed by atoms with Gasteiger partial charge < -0.3 is 0 Å². The van der Waals surface area contributed by atoms with Crippen molar-refractivity contribution in [3.63, 3.8) is 0 Å². The lowest BCUT2D eigenvalue weighted by Crippen LogP contribution is -1.95. The highest BCUT2D eigenvalue weighted by Gasteiger charge is 2.15. The number of thiophene rings is 1. The maximum Gasteiger partial charge on any atom is 0.172 e. The highest BCUT2D eigenvalue weighted by molar-refractivity contribution is 7.14. The minimum atomic E-state index is 0.361. The Kier molecular flexibility index (Phi) is 4.16. The van der Waals surface area contributed by atoms with Gasteiger partial charge in [0, 0.05) is 11.3 Å². The van der Waals surface area contributed by atoms with Crippen LogP contribution in [0.25, 0.3) is 0 Å². The maximum atomic E-state index is 11.9. The molecule has 2 heteroatoms. The SMILES string of the molecule is CCCCC(=O)c1cc2c(s1)CCCCC2. The molecule has 0 fully saturated rings. The summed E-state index contributed by atoms with van der Waals surface area (Å²) < 4.78 is 0. The molecule has 0 saturated carbocycles. The second-order valence-corrected chi connectivity index (χ2v) is 5.78. The molecule has 1 heterocycles. The molecule has 0 N–H and O–H groups in total. The summed E-state index contributed by atoms with van der Waals surface area (Å²) in [5.41, 5.74) is 1.46. The van der Waals surface area contributed by atoms with Crippen LogP contribution in [-0.4, -0.2) is 5.78 Å². The van der Waals surface area contributed by atoms with Crippen LogP contribution in [0.1, 0.15) is 65.6 Å². The largest absolute Gasteiger partial charge is 0.293 e. The molecular formula is C14H20OS. The highest BCUT2D eigenvalue weighted by Crippen LogP contribution is 2.29. The van der Waals surface area contributed by atoms with E-state index in [0.717, 1.165) is 24.1 Å². The summed E-state index contributed by atoms with van der Waals surface area (Å²) >= 11 is 1.76. The summed E-state index contributed by atoms with van der Waals surface area (Å²) in [5.74, 6) is 0.361. The van der Waals surface area contributed by atoms with Crippen LogP contribution in [0.15, 0.2) is 6.07 Å². The lowest BCUT2D eigenvalue weighted by Gasteiger charge is -1.95. The van der Waals surface area contributed by atoms with E-state index in [0.29, 0.717) is 5.78 Å². The summed E-state index contributed by atoms with van der Waals surface area (Å²) in [6.45, 7) is 2.14. The van der Waals surface area contributed by atoms with Crippen molar-refractivity contribution in [1.29, 1.82) is 0 Å². The van der Waals surface area contributed by atoms with E-state index in [4.69, 9.17) is 0 Å². The fraction of sp³-hybridized carbons (Fsp3) is 0.643. The number of rotatable bonds is 4. The number of carbonyl (C=O) groups is 1. The fourth-order valence-corrected chi connectivity index (χ4v) is 3.49. The van der Waals surface area contributed by atoms with Gasteiger partial charge >= 0.3 is 0 Å². The van der Waals surface area contributed by atoms with Crippen molar-refractivity contribution >= 4 is 17.1 Å². The molecule has 0 atom stereocenters. The molecule has 0 unspecified atom stereocenters. The smallest absolute Gasteiger partial charge is 0.172 e. The molecular weight excluding hydrogens is 216 g/mol. The van der Waals surface area contributed by atoms with Crippen molar-refractivity contribution in [3.8, 4) is 0 Å². The third-order valence-electron chi connectivity index (χ3n) is 3.28. The molecule has 0 saturated heterocycles. The Bertz CT molecular complexity index is 341. The molecule has 0 amide bonds. The standard InChI is InChI=1S/C14H20OS/c1-2-3-8-12(15)14-10-11-7-5-4-6-9-13(11)16-14/h10H,2-9H2,1H3. The Hall–Kier alpha value is -0.630. The van der Waals surface area contributed by atoms with Gasteiger partial charge in [0.15, 0.2) is 5.78 Å². The van der Waals surface area contributed by atoms with Gasteiger partial charge in [-0.3, -0.25) is 4.79 Å². The average molecular weight is 236 g/mol. The number of carbonyl (C=O) groups excluding carboxylic acids is 1. The van der Waals surface area contributed by atoms with E-state index in [1.165, 1.54) is 42.5 Å². The van der Waals surface area contributed by atoms with E-state index in [1.807, 2.05) is 0 Å². The summed E-state index contributed by atoms with van der Waals surface area (Å²) in [7, 11) is 0. The molecule has 0 aromatic carbocycles. The second-order valence-electron chi connectivity index (χ2n) is 4.65. The van der Waals surface area contributed by atoms with Gasteiger partial charge in [0.1, 0.15) is 0 Å². The number of Topliss-reactive ketones (excluding diaryl/α,β-unsaturated/α-hetero) is 1. The predicted molar refractivity (Wildman–Crippen MR) is 69.4 cm³/mol. The van der Waals surface area contributed by atoms with Crippen molar-refractivity contribution in [3.05, 3.63) is 21.4 Å². The molecule has 16 heavy (non-hydrogen) atoms. The topological polar surface area (TPSA) is 17.1 Å². The summed E-state index contributed by atoms with van der Waals surface area (Å²) in [4.78, 5) is 14.4. The Balaban J connectivity index is 2.08. The van der Waals surface area contributed by atoms with Crippen molar-refractivity contribution in [2.75, 3.05) is 0 Å². The van der Waals surface area contributed by atoms with Crippen molar-refractivity contribution in [2.45, 2.75) is 58.3 Å². The van der Waals surface area contributed by atoms with Crippen LogP contribution in [0.3, 0.4) is 0 Å². The van der Waals surface area contributed by atoms with Gasteiger partial charge in [-0.1, -0.05) is 19.8 Å². The highest BCUT2D eigenvalue weighted by atomic mass is 32.1. The monoisotopic (exact) mass is 236 g/mol. The van der Waals surface area contributed by atoms with Crippen LogP contribution in [0.4, 0.5) is 0 Å². The Morgan fingerprint density at radius 1 is 1.31 bits per heavy atom. The first-order valence-electron chi connectivity index (χ1n) is 6.46. The number of ketones is 1. The van der Waals surface area contributed by atoms with E-state index < -0.39 is 0 Å². The molecule has 1 aliphatic rings. The van der Waals surface area contributed by atoms with Crippen molar-refractivity contribution < 1.29 is 4.79 Å². The molecule has 0 spiro atoms. The second kappa shape index (κ2) is 5.62. The Morgan fingerprint density at radius 2 is 2.12 bits per heavy atom. The quantitative estimate of drug-likeness (QED) is 0.559. The fourth-order valence-electron chi connectivity index (χ4n) is 2.27. The molecule has 2 rings (SSSR count). The third-order valence-corrected chi connectivity index (χ3v) is 4.56. The maximum absolute atomic E-state index is 11.9. The van der Waals surface area contributed by atoms with Crippen LogP contribution < -0.4 is 0 Å². The number of aryl methyl sites for hydroxylation is 2. The van der Waals surface area contributed by atoms with Gasteiger partial charge in [-0.05, 0) is 43.7 Å². The van der Waals surface area contributed by atoms with Crippen LogP contribution >= 0.6 is 11.3 Å². The molecule has 0 aliphatic heterocycles. The van der Waals surface area contributed by atoms with Crippen LogP contribution in [0.2, 0.25) is 0 Å². The van der Waals surface area contributed by atoms with Gasteiger partial charge in [-0.15, -0.1) is 11.3 Å². The molecule has 0 radical (unpaired) electrons. The zero-order valence-electron chi connectivity index (χ0n) is 10.1. The van der Waals surface area contributed by atoms with E-state index >= 15 is 0 Å². The van der Waals surface area contributed by atoms with Gasteiger partial charge in [0.25, 0.3) is 0 Å². The minimum absolute atomic E-state index is 0.361. The number of fused-ring (bicyclic) bond motifs is 1.